The standard InChI is InChI=1S/C20H23ClF2N6O.CH3NO/c21-12-7-13(22)9-14(8-12)27-16-4-2-6-29(20(16)30)15-3-1-5-28(10-15)19-17(23)18(24)25-11-26-19;2-1-3/h7-9,11,15-16,27H,1-6,10H2,(H2,24,25,26);1H,(H2,2,3). The average molecular weight is 482 g/mol. The Morgan fingerprint density at radius 3 is 2.61 bits per heavy atom. The van der Waals surface area contributed by atoms with Gasteiger partial charge in [-0.3, -0.25) is 9.59 Å². The second kappa shape index (κ2) is 11.1. The van der Waals surface area contributed by atoms with Crippen molar-refractivity contribution in [2.75, 3.05) is 35.6 Å². The number of halogens is 3. The normalized spacial score (nSPS) is 20.6. The van der Waals surface area contributed by atoms with Gasteiger partial charge in [0.05, 0.1) is 0 Å². The number of likely N-dealkylation sites (tertiary alicyclic amines) is 1. The van der Waals surface area contributed by atoms with Gasteiger partial charge < -0.3 is 26.6 Å². The molecule has 2 fully saturated rings. The number of aromatic nitrogens is 2. The van der Waals surface area contributed by atoms with E-state index in [1.54, 1.807) is 6.07 Å². The molecular weight excluding hydrogens is 456 g/mol. The van der Waals surface area contributed by atoms with Crippen molar-refractivity contribution >= 4 is 41.2 Å². The molecule has 0 bridgehead atoms. The molecule has 9 nitrogen and oxygen atoms in total. The van der Waals surface area contributed by atoms with Crippen LogP contribution in [0.5, 0.6) is 0 Å². The Labute approximate surface area is 195 Å². The van der Waals surface area contributed by atoms with Crippen LogP contribution < -0.4 is 21.7 Å². The number of hydrogen-bond donors (Lipinski definition) is 3. The summed E-state index contributed by atoms with van der Waals surface area (Å²) in [5, 5.41) is 3.38. The molecule has 0 spiro atoms. The third-order valence-corrected chi connectivity index (χ3v) is 5.83. The maximum absolute atomic E-state index is 14.4. The predicted octanol–water partition coefficient (Wildman–Crippen LogP) is 2.16. The zero-order chi connectivity index (χ0) is 24.0. The van der Waals surface area contributed by atoms with Crippen molar-refractivity contribution in [3.05, 3.63) is 41.2 Å². The zero-order valence-electron chi connectivity index (χ0n) is 17.9. The van der Waals surface area contributed by atoms with Gasteiger partial charge in [-0.1, -0.05) is 11.6 Å². The third kappa shape index (κ3) is 5.98. The largest absolute Gasteiger partial charge is 0.381 e. The number of carbonyl (C=O) groups is 2. The highest BCUT2D eigenvalue weighted by atomic mass is 35.5. The average Bonchev–Trinajstić information content (AvgIpc) is 2.77. The van der Waals surface area contributed by atoms with Crippen LogP contribution in [-0.2, 0) is 9.59 Å². The molecule has 2 saturated heterocycles. The molecule has 4 rings (SSSR count). The second-order valence-electron chi connectivity index (χ2n) is 7.80. The van der Waals surface area contributed by atoms with Gasteiger partial charge in [0.2, 0.25) is 18.1 Å². The number of rotatable bonds is 4. The molecule has 2 aliphatic rings. The van der Waals surface area contributed by atoms with E-state index in [9.17, 15) is 13.6 Å². The first-order valence-electron chi connectivity index (χ1n) is 10.5. The summed E-state index contributed by atoms with van der Waals surface area (Å²) in [4.78, 5) is 33.1. The number of anilines is 3. The Kier molecular flexibility index (Phi) is 8.21. The molecule has 5 N–H and O–H groups in total. The van der Waals surface area contributed by atoms with Gasteiger partial charge in [-0.15, -0.1) is 0 Å². The maximum Gasteiger partial charge on any atom is 0.245 e. The van der Waals surface area contributed by atoms with E-state index >= 15 is 0 Å². The van der Waals surface area contributed by atoms with Crippen LogP contribution >= 0.6 is 11.6 Å². The minimum Gasteiger partial charge on any atom is -0.381 e. The Morgan fingerprint density at radius 2 is 1.88 bits per heavy atom. The van der Waals surface area contributed by atoms with Gasteiger partial charge in [-0.2, -0.15) is 4.39 Å². The summed E-state index contributed by atoms with van der Waals surface area (Å²) in [6.45, 7) is 1.74. The molecule has 2 aromatic rings. The number of nitrogens with one attached hydrogen (secondary N) is 1. The summed E-state index contributed by atoms with van der Waals surface area (Å²) in [5.41, 5.74) is 10.2. The summed E-state index contributed by atoms with van der Waals surface area (Å²) in [7, 11) is 0. The Hall–Kier alpha value is -3.21. The number of hydrogen-bond acceptors (Lipinski definition) is 7. The molecule has 1 aromatic heterocycles. The quantitative estimate of drug-likeness (QED) is 0.570. The first kappa shape index (κ1) is 24.4. The fraction of sp³-hybridized carbons (Fsp3) is 0.429. The van der Waals surface area contributed by atoms with E-state index < -0.39 is 17.7 Å². The van der Waals surface area contributed by atoms with Crippen molar-refractivity contribution in [2.24, 2.45) is 5.73 Å². The number of amides is 2. The monoisotopic (exact) mass is 481 g/mol. The third-order valence-electron chi connectivity index (χ3n) is 5.61. The van der Waals surface area contributed by atoms with Gasteiger partial charge in [-0.05, 0) is 43.9 Å². The highest BCUT2D eigenvalue weighted by Crippen LogP contribution is 2.28. The topological polar surface area (TPSA) is 130 Å². The molecule has 2 atom stereocenters. The van der Waals surface area contributed by atoms with E-state index in [0.717, 1.165) is 19.3 Å². The lowest BCUT2D eigenvalue weighted by atomic mass is 9.97. The van der Waals surface area contributed by atoms with Gasteiger partial charge in [-0.25, -0.2) is 14.4 Å². The van der Waals surface area contributed by atoms with E-state index in [2.05, 4.69) is 21.0 Å². The van der Waals surface area contributed by atoms with Crippen LogP contribution in [0.2, 0.25) is 5.02 Å². The summed E-state index contributed by atoms with van der Waals surface area (Å²) < 4.78 is 28.0. The summed E-state index contributed by atoms with van der Waals surface area (Å²) >= 11 is 5.92. The maximum atomic E-state index is 14.4. The van der Waals surface area contributed by atoms with Crippen LogP contribution in [-0.4, -0.2) is 58.9 Å². The molecule has 2 aliphatic heterocycles. The van der Waals surface area contributed by atoms with Crippen LogP contribution in [0.15, 0.2) is 24.5 Å². The lowest BCUT2D eigenvalue weighted by Gasteiger charge is -2.43. The highest BCUT2D eigenvalue weighted by Gasteiger charge is 2.36. The fourth-order valence-corrected chi connectivity index (χ4v) is 4.45. The Balaban J connectivity index is 0.000000968. The van der Waals surface area contributed by atoms with E-state index in [4.69, 9.17) is 22.1 Å². The minimum atomic E-state index is -0.634. The van der Waals surface area contributed by atoms with E-state index in [0.29, 0.717) is 31.7 Å². The molecule has 0 aliphatic carbocycles. The highest BCUT2D eigenvalue weighted by molar-refractivity contribution is 6.30. The van der Waals surface area contributed by atoms with Crippen LogP contribution in [0.3, 0.4) is 0 Å². The van der Waals surface area contributed by atoms with Gasteiger partial charge in [0, 0.05) is 36.4 Å². The van der Waals surface area contributed by atoms with Crippen molar-refractivity contribution in [3.8, 4) is 0 Å². The van der Waals surface area contributed by atoms with Crippen molar-refractivity contribution in [2.45, 2.75) is 37.8 Å². The molecule has 178 valence electrons. The number of nitrogens with zero attached hydrogens (tertiary/aromatic N) is 4. The number of piperidine rings is 2. The lowest BCUT2D eigenvalue weighted by Crippen LogP contribution is -2.56. The second-order valence-corrected chi connectivity index (χ2v) is 8.24. The van der Waals surface area contributed by atoms with E-state index in [1.165, 1.54) is 18.5 Å². The molecule has 0 saturated carbocycles. The molecule has 1 aromatic carbocycles. The first-order chi connectivity index (χ1) is 15.8. The Morgan fingerprint density at radius 1 is 1.15 bits per heavy atom. The number of primary amides is 1. The number of nitrogens with two attached hydrogens (primary N) is 2. The van der Waals surface area contributed by atoms with E-state index in [-0.39, 0.29) is 35.0 Å². The zero-order valence-corrected chi connectivity index (χ0v) is 18.6. The molecule has 2 amide bonds. The Bertz CT molecular complexity index is 977. The van der Waals surface area contributed by atoms with Crippen molar-refractivity contribution in [3.63, 3.8) is 0 Å². The lowest BCUT2D eigenvalue weighted by molar-refractivity contribution is -0.137. The smallest absolute Gasteiger partial charge is 0.245 e. The van der Waals surface area contributed by atoms with Crippen molar-refractivity contribution in [1.29, 1.82) is 0 Å². The number of nitrogen functional groups attached to an aromatic ring is 1. The minimum absolute atomic E-state index is 0.0452. The fourth-order valence-electron chi connectivity index (χ4n) is 4.23. The van der Waals surface area contributed by atoms with Gasteiger partial charge in [0.1, 0.15) is 18.2 Å². The van der Waals surface area contributed by atoms with Crippen LogP contribution in [0, 0.1) is 11.6 Å². The molecule has 12 heteroatoms. The van der Waals surface area contributed by atoms with Gasteiger partial charge >= 0.3 is 0 Å². The summed E-state index contributed by atoms with van der Waals surface area (Å²) in [6.07, 6.45) is 4.58. The number of benzene rings is 1. The molecule has 3 heterocycles. The van der Waals surface area contributed by atoms with E-state index in [1.807, 2.05) is 9.80 Å². The van der Waals surface area contributed by atoms with Crippen molar-refractivity contribution in [1.82, 2.24) is 14.9 Å². The van der Waals surface area contributed by atoms with Gasteiger partial charge in [0.15, 0.2) is 11.6 Å². The molecule has 2 unspecified atom stereocenters. The summed E-state index contributed by atoms with van der Waals surface area (Å²) in [6, 6.07) is 3.61. The molecule has 33 heavy (non-hydrogen) atoms. The van der Waals surface area contributed by atoms with Gasteiger partial charge in [0.25, 0.3) is 0 Å². The predicted molar refractivity (Wildman–Crippen MR) is 122 cm³/mol. The molecular formula is C21H26ClF2N7O2. The van der Waals surface area contributed by atoms with Crippen LogP contribution in [0.4, 0.5) is 26.1 Å². The van der Waals surface area contributed by atoms with Crippen LogP contribution in [0.25, 0.3) is 0 Å². The summed E-state index contributed by atoms with van der Waals surface area (Å²) in [5.74, 6) is -1.16. The van der Waals surface area contributed by atoms with Crippen molar-refractivity contribution < 1.29 is 18.4 Å². The van der Waals surface area contributed by atoms with Crippen LogP contribution in [0.1, 0.15) is 25.7 Å². The SMILES string of the molecule is NC=O.Nc1ncnc(N2CCCC(N3CCCC(Nc4cc(F)cc(Cl)c4)C3=O)C2)c1F. The first-order valence-corrected chi connectivity index (χ1v) is 10.9. The molecule has 0 radical (unpaired) electrons. The number of carbonyl (C=O) groups excluding carboxylic acids is 2.